The highest BCUT2D eigenvalue weighted by molar-refractivity contribution is 7.80. The highest BCUT2D eigenvalue weighted by Crippen LogP contribution is 2.18. The Hall–Kier alpha value is 0.270. The first-order chi connectivity index (χ1) is 16.2. The Morgan fingerprint density at radius 1 is 0.545 bits per heavy atom. The first-order valence-electron chi connectivity index (χ1n) is 15.1. The third-order valence-corrected chi connectivity index (χ3v) is 7.19. The molecular weight excluding hydrogens is 424 g/mol. The summed E-state index contributed by atoms with van der Waals surface area (Å²) in [5, 5.41) is 10.9. The highest BCUT2D eigenvalue weighted by atomic mass is 32.1. The van der Waals surface area contributed by atoms with Gasteiger partial charge in [0, 0.05) is 6.61 Å². The van der Waals surface area contributed by atoms with Gasteiger partial charge in [-0.15, -0.1) is 0 Å². The van der Waals surface area contributed by atoms with Gasteiger partial charge < -0.3 is 4.74 Å². The molecule has 33 heavy (non-hydrogen) atoms. The van der Waals surface area contributed by atoms with Gasteiger partial charge in [0.2, 0.25) is 0 Å². The molecule has 2 atom stereocenters. The van der Waals surface area contributed by atoms with Crippen LogP contribution >= 0.6 is 12.6 Å². The molecule has 0 rings (SSSR count). The number of unbranched alkanes of at least 4 members (excludes halogenated alkanes) is 19. The zero-order valence-electron chi connectivity index (χ0n) is 22.8. The maximum absolute atomic E-state index is 10.4. The quantitative estimate of drug-likeness (QED) is 0.0866. The smallest absolute Gasteiger partial charge is 0.0822 e. The lowest BCUT2D eigenvalue weighted by Gasteiger charge is -2.19. The molecule has 0 heterocycles. The summed E-state index contributed by atoms with van der Waals surface area (Å²) in [6.07, 6.45) is 32.1. The number of thiol groups is 1. The summed E-state index contributed by atoms with van der Waals surface area (Å²) in [5.74, 6) is 0. The highest BCUT2D eigenvalue weighted by Gasteiger charge is 2.10. The molecule has 0 aromatic carbocycles. The van der Waals surface area contributed by atoms with E-state index in [-0.39, 0.29) is 6.61 Å². The van der Waals surface area contributed by atoms with Gasteiger partial charge in [0.05, 0.1) is 12.7 Å². The fraction of sp³-hybridized carbons (Fsp3) is 1.00. The third-order valence-electron chi connectivity index (χ3n) is 6.93. The molecule has 0 bridgehead atoms. The Balaban J connectivity index is 3.58. The maximum Gasteiger partial charge on any atom is 0.0822 e. The molecule has 2 unspecified atom stereocenters. The molecular formula is C30H61O2S. The Bertz CT molecular complexity index is 348. The molecule has 0 aliphatic carbocycles. The molecule has 199 valence electrons. The van der Waals surface area contributed by atoms with Crippen LogP contribution in [0.2, 0.25) is 0 Å². The van der Waals surface area contributed by atoms with Gasteiger partial charge in [0.15, 0.2) is 0 Å². The van der Waals surface area contributed by atoms with E-state index in [2.05, 4.69) is 26.5 Å². The molecule has 0 fully saturated rings. The lowest BCUT2D eigenvalue weighted by atomic mass is 10.0. The second-order valence-corrected chi connectivity index (χ2v) is 11.4. The van der Waals surface area contributed by atoms with Crippen LogP contribution in [0.25, 0.3) is 0 Å². The minimum atomic E-state index is 0.111. The largest absolute Gasteiger partial charge is 0.378 e. The van der Waals surface area contributed by atoms with Crippen LogP contribution in [-0.4, -0.2) is 24.6 Å². The average Bonchev–Trinajstić information content (AvgIpc) is 2.81. The van der Waals surface area contributed by atoms with Crippen molar-refractivity contribution in [1.82, 2.24) is 0 Å². The molecule has 0 saturated carbocycles. The Morgan fingerprint density at radius 2 is 0.970 bits per heavy atom. The van der Waals surface area contributed by atoms with Gasteiger partial charge in [0.25, 0.3) is 0 Å². The zero-order chi connectivity index (χ0) is 24.2. The molecule has 3 heteroatoms. The van der Waals surface area contributed by atoms with Crippen LogP contribution in [0.5, 0.6) is 0 Å². The molecule has 0 N–H and O–H groups in total. The summed E-state index contributed by atoms with van der Waals surface area (Å²) in [7, 11) is 0. The molecule has 0 saturated heterocycles. The van der Waals surface area contributed by atoms with Gasteiger partial charge in [-0.05, 0) is 37.4 Å². The summed E-state index contributed by atoms with van der Waals surface area (Å²) in [6, 6.07) is 0. The van der Waals surface area contributed by atoms with Crippen molar-refractivity contribution in [3.8, 4) is 0 Å². The Morgan fingerprint density at radius 3 is 1.42 bits per heavy atom. The van der Waals surface area contributed by atoms with Gasteiger partial charge in [-0.3, -0.25) is 0 Å². The molecule has 0 aromatic rings. The number of ether oxygens (including phenoxy) is 1. The Labute approximate surface area is 214 Å². The maximum atomic E-state index is 10.4. The fourth-order valence-electron chi connectivity index (χ4n) is 4.64. The van der Waals surface area contributed by atoms with Gasteiger partial charge in [-0.25, -0.2) is 5.11 Å². The van der Waals surface area contributed by atoms with E-state index in [1.165, 1.54) is 141 Å². The molecule has 0 amide bonds. The van der Waals surface area contributed by atoms with Gasteiger partial charge >= 0.3 is 0 Å². The van der Waals surface area contributed by atoms with Crippen molar-refractivity contribution in [3.63, 3.8) is 0 Å². The summed E-state index contributed by atoms with van der Waals surface area (Å²) < 4.78 is 6.31. The van der Waals surface area contributed by atoms with E-state index >= 15 is 0 Å². The second kappa shape index (κ2) is 28.5. The predicted octanol–water partition coefficient (Wildman–Crippen LogP) is 10.5. The fourth-order valence-corrected chi connectivity index (χ4v) is 4.79. The van der Waals surface area contributed by atoms with Gasteiger partial charge in [0.1, 0.15) is 0 Å². The van der Waals surface area contributed by atoms with E-state index in [0.29, 0.717) is 11.4 Å². The summed E-state index contributed by atoms with van der Waals surface area (Å²) in [6.45, 7) is 5.55. The standard InChI is InChI=1S/C30H61O2S/c1-3-4-5-6-7-12-15-18-21-24-30(26-25-29(2)33)32-28-23-20-17-14-11-9-8-10-13-16-19-22-27-31/h29-30,33H,3-28H2,1-2H3. The van der Waals surface area contributed by atoms with Crippen molar-refractivity contribution in [2.24, 2.45) is 0 Å². The van der Waals surface area contributed by atoms with Crippen LogP contribution in [0.1, 0.15) is 168 Å². The van der Waals surface area contributed by atoms with E-state index in [1.54, 1.807) is 0 Å². The van der Waals surface area contributed by atoms with Crippen molar-refractivity contribution >= 4 is 12.6 Å². The summed E-state index contributed by atoms with van der Waals surface area (Å²) in [4.78, 5) is 0. The van der Waals surface area contributed by atoms with Crippen LogP contribution in [0, 0.1) is 0 Å². The van der Waals surface area contributed by atoms with Crippen LogP contribution in [-0.2, 0) is 9.84 Å². The second-order valence-electron chi connectivity index (χ2n) is 10.5. The van der Waals surface area contributed by atoms with Crippen molar-refractivity contribution in [2.45, 2.75) is 179 Å². The first-order valence-corrected chi connectivity index (χ1v) is 15.6. The van der Waals surface area contributed by atoms with Crippen LogP contribution in [0.3, 0.4) is 0 Å². The molecule has 0 aliphatic heterocycles. The first kappa shape index (κ1) is 33.3. The molecule has 1 radical (unpaired) electrons. The minimum absolute atomic E-state index is 0.111. The lowest BCUT2D eigenvalue weighted by Crippen LogP contribution is -2.15. The summed E-state index contributed by atoms with van der Waals surface area (Å²) in [5.41, 5.74) is 0. The normalized spacial score (nSPS) is 13.5. The molecule has 0 spiro atoms. The molecule has 0 aromatic heterocycles. The van der Waals surface area contributed by atoms with Crippen LogP contribution < -0.4 is 0 Å². The van der Waals surface area contributed by atoms with Gasteiger partial charge in [-0.2, -0.15) is 12.6 Å². The van der Waals surface area contributed by atoms with E-state index < -0.39 is 0 Å². The van der Waals surface area contributed by atoms with E-state index in [9.17, 15) is 5.11 Å². The van der Waals surface area contributed by atoms with E-state index in [1.807, 2.05) is 0 Å². The topological polar surface area (TPSA) is 29.1 Å². The Kier molecular flexibility index (Phi) is 28.7. The van der Waals surface area contributed by atoms with Crippen LogP contribution in [0.15, 0.2) is 0 Å². The van der Waals surface area contributed by atoms with Crippen LogP contribution in [0.4, 0.5) is 0 Å². The SMILES string of the molecule is CCCCCCCCCCCC(CCC(C)S)OCCCCCCCCCCCCCC[O]. The lowest BCUT2D eigenvalue weighted by molar-refractivity contribution is 0.0363. The van der Waals surface area contributed by atoms with Crippen molar-refractivity contribution in [1.29, 1.82) is 0 Å². The van der Waals surface area contributed by atoms with Crippen molar-refractivity contribution in [3.05, 3.63) is 0 Å². The van der Waals surface area contributed by atoms with Crippen molar-refractivity contribution in [2.75, 3.05) is 13.2 Å². The van der Waals surface area contributed by atoms with Gasteiger partial charge in [-0.1, -0.05) is 136 Å². The third kappa shape index (κ3) is 28.4. The number of hydrogen-bond donors (Lipinski definition) is 1. The van der Waals surface area contributed by atoms with Crippen molar-refractivity contribution < 1.29 is 9.84 Å². The predicted molar refractivity (Wildman–Crippen MR) is 150 cm³/mol. The monoisotopic (exact) mass is 485 g/mol. The molecule has 0 aliphatic rings. The zero-order valence-corrected chi connectivity index (χ0v) is 23.7. The minimum Gasteiger partial charge on any atom is -0.378 e. The molecule has 2 nitrogen and oxygen atoms in total. The van der Waals surface area contributed by atoms with E-state index in [4.69, 9.17) is 4.74 Å². The average molecular weight is 486 g/mol. The summed E-state index contributed by atoms with van der Waals surface area (Å²) >= 11 is 4.57. The number of hydrogen-bond acceptors (Lipinski definition) is 2. The number of rotatable bonds is 28. The van der Waals surface area contributed by atoms with E-state index in [0.717, 1.165) is 19.4 Å².